The molecule has 10 rings (SSSR count). The second-order valence-electron chi connectivity index (χ2n) is 13.9. The van der Waals surface area contributed by atoms with E-state index in [2.05, 4.69) is 203 Å². The number of hydrogen-bond acceptors (Lipinski definition) is 2. The third-order valence-electron chi connectivity index (χ3n) is 10.4. The Hall–Kier alpha value is -6.14. The monoisotopic (exact) mass is 789 g/mol. The third-order valence-corrected chi connectivity index (χ3v) is 11.4. The summed E-state index contributed by atoms with van der Waals surface area (Å²) < 4.78 is 6.31. The van der Waals surface area contributed by atoms with E-state index in [1.165, 1.54) is 59.9 Å². The van der Waals surface area contributed by atoms with Gasteiger partial charge in [0.1, 0.15) is 18.1 Å². The van der Waals surface area contributed by atoms with Crippen molar-refractivity contribution in [3.05, 3.63) is 205 Å². The molecular weight excluding hydrogens is 755 g/mol. The van der Waals surface area contributed by atoms with E-state index in [4.69, 9.17) is 4.98 Å². The van der Waals surface area contributed by atoms with Crippen LogP contribution in [0.25, 0.3) is 76.2 Å². The lowest BCUT2D eigenvalue weighted by atomic mass is 10.0. The minimum Gasteiger partial charge on any atom is -1.00 e. The van der Waals surface area contributed by atoms with Crippen molar-refractivity contribution in [1.82, 2.24) is 9.55 Å². The van der Waals surface area contributed by atoms with Gasteiger partial charge in [-0.1, -0.05) is 158 Å². The summed E-state index contributed by atoms with van der Waals surface area (Å²) in [5, 5.41) is 6.03. The molecule has 0 aliphatic carbocycles. The Kier molecular flexibility index (Phi) is 9.41. The van der Waals surface area contributed by atoms with E-state index in [9.17, 15) is 0 Å². The van der Waals surface area contributed by atoms with Crippen molar-refractivity contribution in [2.24, 2.45) is 0 Å². The molecule has 10 aromatic rings. The Morgan fingerprint density at radius 2 is 1.02 bits per heavy atom. The van der Waals surface area contributed by atoms with Crippen LogP contribution in [0.2, 0.25) is 0 Å². The van der Waals surface area contributed by atoms with Gasteiger partial charge in [-0.2, -0.15) is 0 Å². The number of halogens is 1. The zero-order chi connectivity index (χ0) is 35.8. The molecule has 0 N–H and O–H groups in total. The van der Waals surface area contributed by atoms with Gasteiger partial charge in [-0.25, -0.2) is 14.1 Å². The molecule has 0 atom stereocenters. The van der Waals surface area contributed by atoms with Crippen molar-refractivity contribution in [3.8, 4) is 44.5 Å². The predicted molar refractivity (Wildman–Crippen MR) is 226 cm³/mol. The van der Waals surface area contributed by atoms with E-state index in [0.717, 1.165) is 27.5 Å². The number of rotatable bonds is 8. The maximum Gasteiger partial charge on any atom is 0.290 e. The first-order valence-corrected chi connectivity index (χ1v) is 19.3. The second kappa shape index (κ2) is 14.9. The second-order valence-corrected chi connectivity index (χ2v) is 14.9. The summed E-state index contributed by atoms with van der Waals surface area (Å²) in [5.74, 6) is 1.16. The lowest BCUT2D eigenvalue weighted by Crippen LogP contribution is -3.00. The van der Waals surface area contributed by atoms with Crippen molar-refractivity contribution < 1.29 is 21.5 Å². The molecule has 0 amide bonds. The Morgan fingerprint density at radius 3 is 1.69 bits per heavy atom. The average Bonchev–Trinajstić information content (AvgIpc) is 3.81. The maximum absolute atomic E-state index is 4.99. The first kappa shape index (κ1) is 34.6. The molecular formula is C50H36BrN3S. The summed E-state index contributed by atoms with van der Waals surface area (Å²) >= 11 is 1.74. The van der Waals surface area contributed by atoms with Crippen molar-refractivity contribution >= 4 is 43.1 Å². The van der Waals surface area contributed by atoms with Crippen LogP contribution in [-0.4, -0.2) is 9.55 Å². The van der Waals surface area contributed by atoms with Gasteiger partial charge in [0.25, 0.3) is 5.82 Å². The number of fused-ring (bicyclic) bond motifs is 3. The van der Waals surface area contributed by atoms with Crippen LogP contribution >= 0.6 is 11.3 Å². The average molecular weight is 791 g/mol. The summed E-state index contributed by atoms with van der Waals surface area (Å²) in [6, 6.07) is 70.3. The number of para-hydroxylation sites is 1. The molecule has 2 heterocycles. The van der Waals surface area contributed by atoms with E-state index in [-0.39, 0.29) is 17.0 Å². The Bertz CT molecular complexity index is 2750. The number of thiazole rings is 1. The van der Waals surface area contributed by atoms with Crippen LogP contribution in [0.4, 0.5) is 0 Å². The van der Waals surface area contributed by atoms with Crippen LogP contribution in [-0.2, 0) is 13.1 Å². The minimum absolute atomic E-state index is 0. The zero-order valence-corrected chi connectivity index (χ0v) is 32.4. The van der Waals surface area contributed by atoms with Gasteiger partial charge < -0.3 is 17.0 Å². The lowest BCUT2D eigenvalue weighted by molar-refractivity contribution is -0.665. The molecule has 0 fully saturated rings. The van der Waals surface area contributed by atoms with Gasteiger partial charge in [0, 0.05) is 16.7 Å². The van der Waals surface area contributed by atoms with Gasteiger partial charge in [-0.05, 0) is 69.1 Å². The molecule has 264 valence electrons. The van der Waals surface area contributed by atoms with E-state index in [1.807, 2.05) is 0 Å². The molecule has 0 spiro atoms. The van der Waals surface area contributed by atoms with Crippen molar-refractivity contribution in [2.45, 2.75) is 13.1 Å². The zero-order valence-electron chi connectivity index (χ0n) is 30.0. The van der Waals surface area contributed by atoms with Gasteiger partial charge in [0.05, 0.1) is 15.8 Å². The van der Waals surface area contributed by atoms with Gasteiger partial charge >= 0.3 is 0 Å². The van der Waals surface area contributed by atoms with Gasteiger partial charge in [-0.3, -0.25) is 0 Å². The quantitative estimate of drug-likeness (QED) is 0.141. The highest BCUT2D eigenvalue weighted by Crippen LogP contribution is 2.38. The molecule has 0 radical (unpaired) electrons. The highest BCUT2D eigenvalue weighted by atomic mass is 79.9. The Morgan fingerprint density at radius 1 is 0.473 bits per heavy atom. The molecule has 0 aliphatic rings. The molecule has 0 saturated heterocycles. The molecule has 8 aromatic carbocycles. The number of hydrogen-bond donors (Lipinski definition) is 0. The Labute approximate surface area is 335 Å². The fourth-order valence-electron chi connectivity index (χ4n) is 7.81. The third kappa shape index (κ3) is 6.67. The summed E-state index contributed by atoms with van der Waals surface area (Å²) in [5.41, 5.74) is 10.6. The van der Waals surface area contributed by atoms with E-state index in [1.54, 1.807) is 11.3 Å². The number of imidazole rings is 1. The standard InChI is InChI=1S/C50H36N3S.BrH/c1-3-15-39(16-4-1)47-48(40-17-5-2-6-18-40)53(34-36-24-26-38-14-8-10-20-44(38)32-36)50(52(47)33-35-23-25-37-13-7-9-19-43(37)31-35)42-29-27-41(28-30-42)49-51-45-21-11-12-22-46(45)54-49;/h1-32H,33-34H2;1H/q+1;/p-1. The first-order chi connectivity index (χ1) is 26.7. The largest absolute Gasteiger partial charge is 1.00 e. The molecule has 5 heteroatoms. The number of nitrogens with zero attached hydrogens (tertiary/aromatic N) is 3. The molecule has 2 aromatic heterocycles. The van der Waals surface area contributed by atoms with Crippen LogP contribution in [0.5, 0.6) is 0 Å². The summed E-state index contributed by atoms with van der Waals surface area (Å²) in [6.45, 7) is 1.41. The Balaban J connectivity index is 0.00000397. The maximum atomic E-state index is 4.99. The molecule has 0 aliphatic heterocycles. The summed E-state index contributed by atoms with van der Waals surface area (Å²) in [4.78, 5) is 4.99. The van der Waals surface area contributed by atoms with Gasteiger partial charge in [-0.15, -0.1) is 11.3 Å². The number of aromatic nitrogens is 3. The molecule has 0 saturated carbocycles. The smallest absolute Gasteiger partial charge is 0.290 e. The van der Waals surface area contributed by atoms with E-state index >= 15 is 0 Å². The van der Waals surface area contributed by atoms with Gasteiger partial charge in [0.15, 0.2) is 11.4 Å². The molecule has 55 heavy (non-hydrogen) atoms. The van der Waals surface area contributed by atoms with Crippen LogP contribution < -0.4 is 21.5 Å². The normalized spacial score (nSPS) is 11.3. The summed E-state index contributed by atoms with van der Waals surface area (Å²) in [6.07, 6.45) is 0. The minimum atomic E-state index is 0. The van der Waals surface area contributed by atoms with Crippen LogP contribution in [0.15, 0.2) is 194 Å². The van der Waals surface area contributed by atoms with Crippen molar-refractivity contribution in [2.75, 3.05) is 0 Å². The highest BCUT2D eigenvalue weighted by molar-refractivity contribution is 7.21. The van der Waals surface area contributed by atoms with Crippen molar-refractivity contribution in [1.29, 1.82) is 0 Å². The van der Waals surface area contributed by atoms with Gasteiger partial charge in [0.2, 0.25) is 0 Å². The SMILES string of the molecule is [Br-].c1ccc(-c2c(-c3ccccc3)[n+](Cc3ccc4ccccc4c3)c(-c3ccc(-c4nc5ccccc5s4)cc3)n2Cc2ccc3ccccc3c2)cc1. The van der Waals surface area contributed by atoms with Crippen LogP contribution in [0.3, 0.4) is 0 Å². The molecule has 3 nitrogen and oxygen atoms in total. The molecule has 0 unspecified atom stereocenters. The number of benzene rings is 8. The highest BCUT2D eigenvalue weighted by Gasteiger charge is 2.34. The predicted octanol–water partition coefficient (Wildman–Crippen LogP) is 9.46. The fourth-order valence-corrected chi connectivity index (χ4v) is 8.78. The van der Waals surface area contributed by atoms with Crippen LogP contribution in [0, 0.1) is 0 Å². The van der Waals surface area contributed by atoms with Crippen molar-refractivity contribution in [3.63, 3.8) is 0 Å². The van der Waals surface area contributed by atoms with E-state index < -0.39 is 0 Å². The van der Waals surface area contributed by atoms with E-state index in [0.29, 0.717) is 13.1 Å². The lowest BCUT2D eigenvalue weighted by Gasteiger charge is -2.10. The molecule has 0 bridgehead atoms. The topological polar surface area (TPSA) is 21.7 Å². The summed E-state index contributed by atoms with van der Waals surface area (Å²) in [7, 11) is 0. The fraction of sp³-hybridized carbons (Fsp3) is 0.0400. The first-order valence-electron chi connectivity index (χ1n) is 18.4. The van der Waals surface area contributed by atoms with Crippen LogP contribution in [0.1, 0.15) is 11.1 Å².